The Balaban J connectivity index is 2.60. The third kappa shape index (κ3) is 5.10. The van der Waals surface area contributed by atoms with Crippen LogP contribution in [0.4, 0.5) is 0 Å². The number of nitrogens with one attached hydrogen (secondary N) is 1. The third-order valence-electron chi connectivity index (χ3n) is 3.01. The maximum atomic E-state index is 12.0. The molecule has 9 heteroatoms. The summed E-state index contributed by atoms with van der Waals surface area (Å²) in [5.41, 5.74) is 5.40. The van der Waals surface area contributed by atoms with Crippen molar-refractivity contribution in [2.24, 2.45) is 18.2 Å². The molecule has 3 N–H and O–H groups in total. The molecule has 1 heterocycles. The lowest BCUT2D eigenvalue weighted by atomic mass is 9.93. The average molecular weight is 317 g/mol. The molecular formula is C12H23N5O3S. The topological polar surface area (TPSA) is 110 Å². The summed E-state index contributed by atoms with van der Waals surface area (Å²) in [5, 5.41) is -0.109. The maximum Gasteiger partial charge on any atom is 0.260 e. The van der Waals surface area contributed by atoms with Crippen molar-refractivity contribution >= 4 is 15.9 Å². The number of aromatic nitrogens is 2. The van der Waals surface area contributed by atoms with Crippen LogP contribution in [0.3, 0.4) is 0 Å². The number of aryl methyl sites for hydroxylation is 1. The fraction of sp³-hybridized carbons (Fsp3) is 0.667. The second-order valence-electron chi connectivity index (χ2n) is 5.82. The van der Waals surface area contributed by atoms with Crippen LogP contribution < -0.4 is 10.5 Å². The van der Waals surface area contributed by atoms with Gasteiger partial charge in [-0.15, -0.1) is 0 Å². The van der Waals surface area contributed by atoms with Crippen LogP contribution in [0.15, 0.2) is 17.6 Å². The molecule has 0 unspecified atom stereocenters. The van der Waals surface area contributed by atoms with Gasteiger partial charge in [0.05, 0.1) is 12.9 Å². The molecule has 0 saturated heterocycles. The number of nitrogens with zero attached hydrogens (tertiary/aromatic N) is 3. The van der Waals surface area contributed by atoms with Gasteiger partial charge in [-0.1, -0.05) is 13.8 Å². The van der Waals surface area contributed by atoms with Crippen LogP contribution in [0, 0.1) is 5.41 Å². The number of rotatable bonds is 7. The first-order chi connectivity index (χ1) is 9.57. The van der Waals surface area contributed by atoms with E-state index >= 15 is 0 Å². The Kier molecular flexibility index (Phi) is 5.48. The van der Waals surface area contributed by atoms with Crippen molar-refractivity contribution in [2.45, 2.75) is 18.9 Å². The number of carbonyl (C=O) groups is 1. The quantitative estimate of drug-likeness (QED) is 0.680. The van der Waals surface area contributed by atoms with Crippen LogP contribution in [0.25, 0.3) is 0 Å². The van der Waals surface area contributed by atoms with E-state index in [4.69, 9.17) is 5.73 Å². The Morgan fingerprint density at radius 1 is 1.52 bits per heavy atom. The highest BCUT2D eigenvalue weighted by atomic mass is 32.2. The average Bonchev–Trinajstić information content (AvgIpc) is 2.83. The predicted molar refractivity (Wildman–Crippen MR) is 78.9 cm³/mol. The van der Waals surface area contributed by atoms with E-state index in [2.05, 4.69) is 9.71 Å². The van der Waals surface area contributed by atoms with Crippen molar-refractivity contribution in [1.29, 1.82) is 0 Å². The zero-order valence-corrected chi connectivity index (χ0v) is 13.6. The summed E-state index contributed by atoms with van der Waals surface area (Å²) in [6.45, 7) is 4.46. The zero-order valence-electron chi connectivity index (χ0n) is 12.8. The molecule has 0 aliphatic heterocycles. The van der Waals surface area contributed by atoms with E-state index < -0.39 is 10.0 Å². The first-order valence-corrected chi connectivity index (χ1v) is 7.97. The van der Waals surface area contributed by atoms with Gasteiger partial charge in [-0.05, 0) is 12.0 Å². The van der Waals surface area contributed by atoms with Gasteiger partial charge in [0, 0.05) is 26.8 Å². The largest absolute Gasteiger partial charge is 0.344 e. The van der Waals surface area contributed by atoms with E-state index in [9.17, 15) is 13.2 Å². The highest BCUT2D eigenvalue weighted by Crippen LogP contribution is 2.13. The number of imidazole rings is 1. The molecule has 0 bridgehead atoms. The first kappa shape index (κ1) is 17.6. The van der Waals surface area contributed by atoms with Crippen LogP contribution in [-0.2, 0) is 21.9 Å². The number of nitrogens with two attached hydrogens (primary N) is 1. The van der Waals surface area contributed by atoms with E-state index in [0.717, 1.165) is 0 Å². The summed E-state index contributed by atoms with van der Waals surface area (Å²) in [5.74, 6) is -0.323. The summed E-state index contributed by atoms with van der Waals surface area (Å²) in [7, 11) is -0.485. The number of amides is 1. The minimum Gasteiger partial charge on any atom is -0.344 e. The minimum atomic E-state index is -3.77. The number of likely N-dealkylation sites (N-methyl/N-ethyl adjacent to an activating group) is 1. The van der Waals surface area contributed by atoms with E-state index in [1.54, 1.807) is 14.1 Å². The molecule has 1 amide bonds. The molecule has 0 saturated carbocycles. The summed E-state index contributed by atoms with van der Waals surface area (Å²) in [4.78, 5) is 17.2. The summed E-state index contributed by atoms with van der Waals surface area (Å²) < 4.78 is 27.6. The lowest BCUT2D eigenvalue weighted by molar-refractivity contribution is -0.129. The van der Waals surface area contributed by atoms with E-state index in [1.165, 1.54) is 22.0 Å². The van der Waals surface area contributed by atoms with Crippen molar-refractivity contribution in [1.82, 2.24) is 19.2 Å². The van der Waals surface area contributed by atoms with Gasteiger partial charge in [0.15, 0.2) is 5.03 Å². The van der Waals surface area contributed by atoms with E-state index in [0.29, 0.717) is 13.1 Å². The Hall–Kier alpha value is -1.45. The van der Waals surface area contributed by atoms with Gasteiger partial charge < -0.3 is 15.2 Å². The Morgan fingerprint density at radius 3 is 2.62 bits per heavy atom. The van der Waals surface area contributed by atoms with E-state index in [-0.39, 0.29) is 22.9 Å². The van der Waals surface area contributed by atoms with Gasteiger partial charge in [0.1, 0.15) is 0 Å². The first-order valence-electron chi connectivity index (χ1n) is 6.49. The van der Waals surface area contributed by atoms with E-state index in [1.807, 2.05) is 13.8 Å². The van der Waals surface area contributed by atoms with Gasteiger partial charge >= 0.3 is 0 Å². The molecule has 1 aromatic heterocycles. The normalized spacial score (nSPS) is 12.4. The lowest BCUT2D eigenvalue weighted by Gasteiger charge is -2.29. The maximum absolute atomic E-state index is 12.0. The molecule has 0 aromatic carbocycles. The van der Waals surface area contributed by atoms with Crippen LogP contribution in [0.2, 0.25) is 0 Å². The van der Waals surface area contributed by atoms with Gasteiger partial charge in [-0.3, -0.25) is 4.79 Å². The molecule has 0 fully saturated rings. The van der Waals surface area contributed by atoms with Crippen molar-refractivity contribution in [2.75, 3.05) is 26.7 Å². The molecule has 0 aliphatic carbocycles. The number of hydrogen-bond donors (Lipinski definition) is 2. The molecule has 0 atom stereocenters. The minimum absolute atomic E-state index is 0.109. The number of carbonyl (C=O) groups excluding carboxylic acids is 1. The molecule has 0 aliphatic rings. The monoisotopic (exact) mass is 317 g/mol. The zero-order chi connectivity index (χ0) is 16.3. The number of hydrogen-bond acceptors (Lipinski definition) is 5. The highest BCUT2D eigenvalue weighted by molar-refractivity contribution is 7.89. The van der Waals surface area contributed by atoms with Gasteiger partial charge in [-0.2, -0.15) is 0 Å². The highest BCUT2D eigenvalue weighted by Gasteiger charge is 2.23. The molecule has 0 radical (unpaired) electrons. The summed E-state index contributed by atoms with van der Waals surface area (Å²) in [6, 6.07) is 0. The molecule has 21 heavy (non-hydrogen) atoms. The molecular weight excluding hydrogens is 294 g/mol. The Bertz CT molecular complexity index is 594. The molecule has 0 spiro atoms. The third-order valence-corrected chi connectivity index (χ3v) is 4.30. The van der Waals surface area contributed by atoms with Crippen molar-refractivity contribution in [3.63, 3.8) is 0 Å². The van der Waals surface area contributed by atoms with Crippen LogP contribution in [0.1, 0.15) is 13.8 Å². The van der Waals surface area contributed by atoms with Crippen LogP contribution in [0.5, 0.6) is 0 Å². The van der Waals surface area contributed by atoms with Gasteiger partial charge in [-0.25, -0.2) is 18.1 Å². The van der Waals surface area contributed by atoms with Crippen molar-refractivity contribution < 1.29 is 13.2 Å². The Morgan fingerprint density at radius 2 is 2.14 bits per heavy atom. The fourth-order valence-corrected chi connectivity index (χ4v) is 2.64. The van der Waals surface area contributed by atoms with Crippen molar-refractivity contribution in [3.8, 4) is 0 Å². The Labute approximate surface area is 125 Å². The van der Waals surface area contributed by atoms with Crippen molar-refractivity contribution in [3.05, 3.63) is 12.5 Å². The SMILES string of the molecule is CN(CC(C)(C)CN)C(=O)CNS(=O)(=O)c1cn(C)cn1. The fourth-order valence-electron chi connectivity index (χ4n) is 1.69. The standard InChI is InChI=1S/C12H23N5O3S/c1-12(2,7-13)8-17(4)11(18)5-15-21(19,20)10-6-16(3)9-14-10/h6,9,15H,5,7-8,13H2,1-4H3. The molecule has 1 rings (SSSR count). The number of sulfonamides is 1. The van der Waals surface area contributed by atoms with Crippen LogP contribution >= 0.6 is 0 Å². The second-order valence-corrected chi connectivity index (χ2v) is 7.53. The lowest BCUT2D eigenvalue weighted by Crippen LogP contribution is -2.44. The van der Waals surface area contributed by atoms with Gasteiger partial charge in [0.2, 0.25) is 5.91 Å². The smallest absolute Gasteiger partial charge is 0.260 e. The molecule has 1 aromatic rings. The summed E-state index contributed by atoms with van der Waals surface area (Å²) in [6.07, 6.45) is 2.75. The predicted octanol–water partition coefficient (Wildman–Crippen LogP) is -0.858. The molecule has 8 nitrogen and oxygen atoms in total. The second kappa shape index (κ2) is 6.54. The molecule has 120 valence electrons. The van der Waals surface area contributed by atoms with Gasteiger partial charge in [0.25, 0.3) is 10.0 Å². The summed E-state index contributed by atoms with van der Waals surface area (Å²) >= 11 is 0. The van der Waals surface area contributed by atoms with Crippen LogP contribution in [-0.4, -0.2) is 55.5 Å².